The third-order valence-corrected chi connectivity index (χ3v) is 5.80. The summed E-state index contributed by atoms with van der Waals surface area (Å²) in [6.45, 7) is 9.40. The molecule has 0 atom stereocenters. The summed E-state index contributed by atoms with van der Waals surface area (Å²) in [7, 11) is -3.51. The smallest absolute Gasteiger partial charge is 0.317 e. The molecule has 1 aliphatic heterocycles. The topological polar surface area (TPSA) is 69.7 Å². The first-order valence-corrected chi connectivity index (χ1v) is 9.67. The molecule has 1 saturated heterocycles. The average Bonchev–Trinajstić information content (AvgIpc) is 2.72. The molecular weight excluding hydrogens is 326 g/mol. The van der Waals surface area contributed by atoms with Crippen LogP contribution in [0.1, 0.15) is 32.8 Å². The van der Waals surface area contributed by atoms with Crippen LogP contribution >= 0.6 is 0 Å². The van der Waals surface area contributed by atoms with Crippen LogP contribution in [0.4, 0.5) is 4.79 Å². The molecule has 1 aromatic carbocycles. The minimum atomic E-state index is -3.51. The second kappa shape index (κ2) is 7.11. The molecule has 0 spiro atoms. The highest BCUT2D eigenvalue weighted by Gasteiger charge is 2.29. The molecule has 0 aromatic heterocycles. The largest absolute Gasteiger partial charge is 0.333 e. The Kier molecular flexibility index (Phi) is 5.55. The molecule has 1 aromatic rings. The van der Waals surface area contributed by atoms with Gasteiger partial charge in [0, 0.05) is 31.7 Å². The van der Waals surface area contributed by atoms with Gasteiger partial charge in [-0.1, -0.05) is 17.7 Å². The highest BCUT2D eigenvalue weighted by Crippen LogP contribution is 2.18. The molecule has 2 rings (SSSR count). The minimum Gasteiger partial charge on any atom is -0.333 e. The van der Waals surface area contributed by atoms with Crippen LogP contribution in [0.3, 0.4) is 0 Å². The predicted octanol–water partition coefficient (Wildman–Crippen LogP) is 2.20. The monoisotopic (exact) mass is 353 g/mol. The number of sulfonamides is 1. The average molecular weight is 353 g/mol. The number of nitrogens with one attached hydrogen (secondary N) is 1. The van der Waals surface area contributed by atoms with E-state index in [9.17, 15) is 13.2 Å². The van der Waals surface area contributed by atoms with Gasteiger partial charge in [0.25, 0.3) is 0 Å². The number of carbonyl (C=O) groups is 1. The van der Waals surface area contributed by atoms with E-state index in [2.05, 4.69) is 5.32 Å². The van der Waals surface area contributed by atoms with Crippen LogP contribution in [0.25, 0.3) is 0 Å². The number of carbonyl (C=O) groups excluding carboxylic acids is 1. The fraction of sp³-hybridized carbons (Fsp3) is 0.588. The van der Waals surface area contributed by atoms with Gasteiger partial charge >= 0.3 is 6.03 Å². The number of aryl methyl sites for hydroxylation is 1. The van der Waals surface area contributed by atoms with Gasteiger partial charge in [-0.3, -0.25) is 0 Å². The maximum Gasteiger partial charge on any atom is 0.317 e. The van der Waals surface area contributed by atoms with E-state index in [1.54, 1.807) is 29.2 Å². The fourth-order valence-corrected chi connectivity index (χ4v) is 4.07. The Balaban J connectivity index is 2.07. The molecular formula is C17H27N3O3S. The van der Waals surface area contributed by atoms with Crippen LogP contribution in [-0.4, -0.2) is 55.4 Å². The standard InChI is InChI=1S/C17H27N3O3S/c1-14-6-8-15(9-7-14)24(22,23)20-11-5-10-19(12-13-20)16(21)18-17(2,3)4/h6-9H,5,10-13H2,1-4H3,(H,18,21). The molecule has 1 fully saturated rings. The number of amides is 2. The van der Waals surface area contributed by atoms with E-state index in [-0.39, 0.29) is 11.6 Å². The summed E-state index contributed by atoms with van der Waals surface area (Å²) in [5, 5.41) is 2.93. The van der Waals surface area contributed by atoms with Gasteiger partial charge < -0.3 is 10.2 Å². The summed E-state index contributed by atoms with van der Waals surface area (Å²) in [6.07, 6.45) is 0.628. The number of nitrogens with zero attached hydrogens (tertiary/aromatic N) is 2. The van der Waals surface area contributed by atoms with Crippen molar-refractivity contribution in [2.24, 2.45) is 0 Å². The summed E-state index contributed by atoms with van der Waals surface area (Å²) in [5.74, 6) is 0. The molecule has 7 heteroatoms. The maximum atomic E-state index is 12.8. The van der Waals surface area contributed by atoms with Crippen LogP contribution in [0.15, 0.2) is 29.2 Å². The molecule has 0 saturated carbocycles. The van der Waals surface area contributed by atoms with Gasteiger partial charge in [-0.25, -0.2) is 13.2 Å². The van der Waals surface area contributed by atoms with Gasteiger partial charge in [0.1, 0.15) is 0 Å². The Labute approximate surface area is 144 Å². The van der Waals surface area contributed by atoms with Crippen molar-refractivity contribution in [3.8, 4) is 0 Å². The molecule has 0 aliphatic carbocycles. The lowest BCUT2D eigenvalue weighted by Gasteiger charge is -2.27. The number of hydrogen-bond acceptors (Lipinski definition) is 3. The molecule has 24 heavy (non-hydrogen) atoms. The second-order valence-corrected chi connectivity index (χ2v) is 9.18. The van der Waals surface area contributed by atoms with Crippen molar-refractivity contribution in [2.45, 2.75) is 44.6 Å². The van der Waals surface area contributed by atoms with Crippen LogP contribution in [0, 0.1) is 6.92 Å². The fourth-order valence-electron chi connectivity index (χ4n) is 2.60. The molecule has 0 unspecified atom stereocenters. The van der Waals surface area contributed by atoms with E-state index in [4.69, 9.17) is 0 Å². The molecule has 1 heterocycles. The molecule has 6 nitrogen and oxygen atoms in total. The first-order chi connectivity index (χ1) is 11.1. The molecule has 0 radical (unpaired) electrons. The van der Waals surface area contributed by atoms with Crippen molar-refractivity contribution in [3.63, 3.8) is 0 Å². The molecule has 1 aliphatic rings. The van der Waals surface area contributed by atoms with E-state index >= 15 is 0 Å². The van der Waals surface area contributed by atoms with Crippen molar-refractivity contribution >= 4 is 16.1 Å². The van der Waals surface area contributed by atoms with Gasteiger partial charge in [-0.05, 0) is 46.2 Å². The lowest BCUT2D eigenvalue weighted by atomic mass is 10.1. The Bertz CT molecular complexity index is 678. The van der Waals surface area contributed by atoms with Gasteiger partial charge in [-0.2, -0.15) is 4.31 Å². The number of rotatable bonds is 2. The van der Waals surface area contributed by atoms with Crippen molar-refractivity contribution in [1.82, 2.24) is 14.5 Å². The van der Waals surface area contributed by atoms with Crippen molar-refractivity contribution in [3.05, 3.63) is 29.8 Å². The first kappa shape index (κ1) is 18.7. The summed E-state index contributed by atoms with van der Waals surface area (Å²) in [6, 6.07) is 6.73. The lowest BCUT2D eigenvalue weighted by molar-refractivity contribution is 0.191. The SMILES string of the molecule is Cc1ccc(S(=O)(=O)N2CCCN(C(=O)NC(C)(C)C)CC2)cc1. The second-order valence-electron chi connectivity index (χ2n) is 7.24. The third kappa shape index (κ3) is 4.70. The lowest BCUT2D eigenvalue weighted by Crippen LogP contribution is -2.49. The number of urea groups is 1. The zero-order valence-electron chi connectivity index (χ0n) is 14.9. The van der Waals surface area contributed by atoms with Gasteiger partial charge in [0.2, 0.25) is 10.0 Å². The van der Waals surface area contributed by atoms with Crippen molar-refractivity contribution in [1.29, 1.82) is 0 Å². The minimum absolute atomic E-state index is 0.142. The van der Waals surface area contributed by atoms with Crippen LogP contribution in [0.5, 0.6) is 0 Å². The first-order valence-electron chi connectivity index (χ1n) is 8.23. The van der Waals surface area contributed by atoms with Crippen LogP contribution in [0.2, 0.25) is 0 Å². The maximum absolute atomic E-state index is 12.8. The van der Waals surface area contributed by atoms with E-state index in [1.807, 2.05) is 27.7 Å². The van der Waals surface area contributed by atoms with Gasteiger partial charge in [0.05, 0.1) is 4.90 Å². The molecule has 1 N–H and O–H groups in total. The van der Waals surface area contributed by atoms with E-state index in [0.717, 1.165) is 5.56 Å². The summed E-state index contributed by atoms with van der Waals surface area (Å²) >= 11 is 0. The van der Waals surface area contributed by atoms with Gasteiger partial charge in [0.15, 0.2) is 0 Å². The predicted molar refractivity (Wildman–Crippen MR) is 94.4 cm³/mol. The molecule has 0 bridgehead atoms. The number of hydrogen-bond donors (Lipinski definition) is 1. The Morgan fingerprint density at radius 1 is 1.04 bits per heavy atom. The zero-order valence-corrected chi connectivity index (χ0v) is 15.7. The van der Waals surface area contributed by atoms with E-state index in [1.165, 1.54) is 4.31 Å². The summed E-state index contributed by atoms with van der Waals surface area (Å²) < 4.78 is 27.0. The molecule has 134 valence electrons. The number of benzene rings is 1. The van der Waals surface area contributed by atoms with E-state index in [0.29, 0.717) is 37.5 Å². The van der Waals surface area contributed by atoms with Crippen molar-refractivity contribution < 1.29 is 13.2 Å². The van der Waals surface area contributed by atoms with Crippen LogP contribution in [-0.2, 0) is 10.0 Å². The summed E-state index contributed by atoms with van der Waals surface area (Å²) in [5.41, 5.74) is 0.715. The summed E-state index contributed by atoms with van der Waals surface area (Å²) in [4.78, 5) is 14.3. The third-order valence-electron chi connectivity index (χ3n) is 3.88. The van der Waals surface area contributed by atoms with Crippen molar-refractivity contribution in [2.75, 3.05) is 26.2 Å². The normalized spacial score (nSPS) is 17.4. The Hall–Kier alpha value is -1.60. The van der Waals surface area contributed by atoms with Crippen LogP contribution < -0.4 is 5.32 Å². The Morgan fingerprint density at radius 2 is 1.67 bits per heavy atom. The highest BCUT2D eigenvalue weighted by molar-refractivity contribution is 7.89. The van der Waals surface area contributed by atoms with E-state index < -0.39 is 10.0 Å². The quantitative estimate of drug-likeness (QED) is 0.886. The van der Waals surface area contributed by atoms with Gasteiger partial charge in [-0.15, -0.1) is 0 Å². The zero-order chi connectivity index (χ0) is 18.0. The molecule has 2 amide bonds. The highest BCUT2D eigenvalue weighted by atomic mass is 32.2. The Morgan fingerprint density at radius 3 is 2.25 bits per heavy atom.